The van der Waals surface area contributed by atoms with Crippen molar-refractivity contribution in [1.29, 1.82) is 0 Å². The molecule has 8 heavy (non-hydrogen) atoms. The summed E-state index contributed by atoms with van der Waals surface area (Å²) in [4.78, 5) is 10.5. The van der Waals surface area contributed by atoms with Crippen molar-refractivity contribution >= 4 is 5.97 Å². The number of rotatable bonds is 4. The van der Waals surface area contributed by atoms with Crippen LogP contribution in [0.3, 0.4) is 0 Å². The van der Waals surface area contributed by atoms with Crippen LogP contribution in [0.1, 0.15) is 42.0 Å². The summed E-state index contributed by atoms with van der Waals surface area (Å²) in [6.07, 6.45) is -11.1. The summed E-state index contributed by atoms with van der Waals surface area (Å²) < 4.78 is 50.0. The zero-order valence-electron chi connectivity index (χ0n) is 11.4. The van der Waals surface area contributed by atoms with E-state index in [4.69, 9.17) is 14.7 Å². The highest BCUT2D eigenvalue weighted by atomic mass is 16.4. The second kappa shape index (κ2) is 4.62. The van der Waals surface area contributed by atoms with E-state index < -0.39 is 31.5 Å². The van der Waals surface area contributed by atoms with Gasteiger partial charge < -0.3 is 5.11 Å². The Morgan fingerprint density at radius 2 is 2.38 bits per heavy atom. The van der Waals surface area contributed by atoms with Crippen LogP contribution in [0.2, 0.25) is 0 Å². The van der Waals surface area contributed by atoms with E-state index in [2.05, 4.69) is 0 Å². The predicted octanol–water partition coefficient (Wildman–Crippen LogP) is 1.65. The van der Waals surface area contributed by atoms with Gasteiger partial charge in [0.05, 0.1) is 0 Å². The molecule has 0 radical (unpaired) electrons. The van der Waals surface area contributed by atoms with Gasteiger partial charge in [0.1, 0.15) is 0 Å². The average Bonchev–Trinajstić information content (AvgIpc) is 2.02. The Bertz CT molecular complexity index is 260. The Hall–Kier alpha value is -0.530. The van der Waals surface area contributed by atoms with Crippen molar-refractivity contribution in [1.82, 2.24) is 0 Å². The van der Waals surface area contributed by atoms with Gasteiger partial charge in [0.2, 0.25) is 0 Å². The third-order valence-corrected chi connectivity index (χ3v) is 0.386. The summed E-state index contributed by atoms with van der Waals surface area (Å²) in [6, 6.07) is 0. The summed E-state index contributed by atoms with van der Waals surface area (Å²) in [7, 11) is 0. The molecular weight excluding hydrogens is 104 g/mol. The van der Waals surface area contributed by atoms with E-state index in [-0.39, 0.29) is 0 Å². The Balaban J connectivity index is 5.40. The van der Waals surface area contributed by atoms with E-state index >= 15 is 0 Å². The fourth-order valence-electron chi connectivity index (χ4n) is 0.162. The summed E-state index contributed by atoms with van der Waals surface area (Å²) in [5.74, 6) is -2.09. The second-order valence-electron chi connectivity index (χ2n) is 0.988. The highest BCUT2D eigenvalue weighted by molar-refractivity contribution is 5.66. The molecule has 0 saturated heterocycles. The molecule has 0 aliphatic carbocycles. The molecule has 0 saturated carbocycles. The molecule has 2 nitrogen and oxygen atoms in total. The van der Waals surface area contributed by atoms with Gasteiger partial charge in [0.15, 0.2) is 0 Å². The van der Waals surface area contributed by atoms with E-state index in [0.717, 1.165) is 6.92 Å². The van der Waals surface area contributed by atoms with Crippen LogP contribution in [0.25, 0.3) is 0 Å². The normalized spacial score (nSPS) is 31.4. The first-order valence-electron chi connectivity index (χ1n) is 5.62. The largest absolute Gasteiger partial charge is 0.481 e. The molecule has 0 aliphatic heterocycles. The van der Waals surface area contributed by atoms with Gasteiger partial charge >= 0.3 is 5.97 Å². The summed E-state index contributed by atoms with van der Waals surface area (Å²) in [5, 5.41) is 8.48. The van der Waals surface area contributed by atoms with Crippen molar-refractivity contribution in [3.63, 3.8) is 0 Å². The van der Waals surface area contributed by atoms with Crippen LogP contribution in [0.15, 0.2) is 0 Å². The minimum absolute atomic E-state index is 1.04. The Kier molecular flexibility index (Phi) is 0.996. The summed E-state index contributed by atoms with van der Waals surface area (Å²) in [5.41, 5.74) is 0. The maximum Gasteiger partial charge on any atom is 0.303 e. The van der Waals surface area contributed by atoms with Crippen LogP contribution in [-0.4, -0.2) is 11.1 Å². The number of carboxylic acids is 1. The molecular formula is C6H12O2. The van der Waals surface area contributed by atoms with Crippen molar-refractivity contribution in [2.75, 3.05) is 0 Å². The first-order valence-corrected chi connectivity index (χ1v) is 2.04. The van der Waals surface area contributed by atoms with Crippen LogP contribution >= 0.6 is 0 Å². The molecule has 0 aliphatic rings. The van der Waals surface area contributed by atoms with Gasteiger partial charge in [-0.15, -0.1) is 0 Å². The smallest absolute Gasteiger partial charge is 0.303 e. The molecule has 0 amide bonds. The number of aliphatic carboxylic acids is 1. The van der Waals surface area contributed by atoms with Gasteiger partial charge in [-0.2, -0.15) is 0 Å². The summed E-state index contributed by atoms with van der Waals surface area (Å²) >= 11 is 0. The first-order chi connectivity index (χ1) is 6.39. The lowest BCUT2D eigenvalue weighted by Crippen LogP contribution is -1.92. The lowest BCUT2D eigenvalue weighted by Gasteiger charge is -1.89. The van der Waals surface area contributed by atoms with Crippen molar-refractivity contribution in [2.24, 2.45) is 0 Å². The molecule has 0 aromatic heterocycles. The fraction of sp³-hybridized carbons (Fsp3) is 0.833. The van der Waals surface area contributed by atoms with Gasteiger partial charge in [-0.1, -0.05) is 19.7 Å². The second-order valence-corrected chi connectivity index (χ2v) is 0.988. The average molecular weight is 123 g/mol. The van der Waals surface area contributed by atoms with Crippen molar-refractivity contribution in [3.8, 4) is 0 Å². The molecule has 1 N–H and O–H groups in total. The van der Waals surface area contributed by atoms with Crippen LogP contribution < -0.4 is 0 Å². The molecule has 0 heterocycles. The summed E-state index contributed by atoms with van der Waals surface area (Å²) in [6.45, 7) is 1.04. The highest BCUT2D eigenvalue weighted by Gasteiger charge is 1.92. The lowest BCUT2D eigenvalue weighted by atomic mass is 10.2. The van der Waals surface area contributed by atoms with Gasteiger partial charge in [-0.3, -0.25) is 4.79 Å². The third-order valence-electron chi connectivity index (χ3n) is 0.386. The van der Waals surface area contributed by atoms with Crippen LogP contribution in [0, 0.1) is 0 Å². The van der Waals surface area contributed by atoms with E-state index in [1.807, 2.05) is 0 Å². The highest BCUT2D eigenvalue weighted by Crippen LogP contribution is 1.97. The van der Waals surface area contributed by atoms with Crippen molar-refractivity contribution in [3.05, 3.63) is 0 Å². The number of carboxylic acid groups (broad SMARTS) is 1. The molecule has 0 spiro atoms. The monoisotopic (exact) mass is 123 g/mol. The molecule has 0 bridgehead atoms. The molecule has 2 heteroatoms. The zero-order valence-corrected chi connectivity index (χ0v) is 4.43. The van der Waals surface area contributed by atoms with Gasteiger partial charge in [-0.25, -0.2) is 0 Å². The maximum atomic E-state index is 10.5. The van der Waals surface area contributed by atoms with Crippen LogP contribution in [-0.2, 0) is 4.79 Å². The molecule has 0 rings (SSSR count). The molecule has 48 valence electrons. The minimum Gasteiger partial charge on any atom is -0.481 e. The van der Waals surface area contributed by atoms with E-state index in [1.165, 1.54) is 0 Å². The van der Waals surface area contributed by atoms with Gasteiger partial charge in [0, 0.05) is 16.0 Å². The minimum atomic E-state index is -3.38. The number of hydrogen-bond acceptors (Lipinski definition) is 1. The topological polar surface area (TPSA) is 37.3 Å². The quantitative estimate of drug-likeness (QED) is 0.617. The Morgan fingerprint density at radius 1 is 1.75 bits per heavy atom. The number of carbonyl (C=O) groups is 1. The Labute approximate surface area is 59.4 Å². The number of hydrogen-bond donors (Lipinski definition) is 1. The molecule has 1 atom stereocenters. The standard InChI is InChI=1S/C6H12O2/c1-2-3-4-5-6(7)8/h2-5H2,1H3,(H,7,8)/i2D,3D2,4D2,5D2. The van der Waals surface area contributed by atoms with Crippen LogP contribution in [0.4, 0.5) is 0 Å². The SMILES string of the molecule is [2H]C(C)C([2H])([2H])C([2H])([2H])C([2H])([2H])C(=O)O. The van der Waals surface area contributed by atoms with E-state index in [9.17, 15) is 4.79 Å². The Morgan fingerprint density at radius 3 is 2.75 bits per heavy atom. The molecule has 0 fully saturated rings. The predicted molar refractivity (Wildman–Crippen MR) is 31.8 cm³/mol. The van der Waals surface area contributed by atoms with E-state index in [1.54, 1.807) is 0 Å². The third kappa shape index (κ3) is 5.47. The lowest BCUT2D eigenvalue weighted by molar-refractivity contribution is -0.137. The molecule has 1 unspecified atom stereocenters. The zero-order chi connectivity index (χ0) is 12.7. The van der Waals surface area contributed by atoms with Crippen LogP contribution in [0.5, 0.6) is 0 Å². The molecule has 0 aromatic rings. The van der Waals surface area contributed by atoms with E-state index in [0.29, 0.717) is 0 Å². The maximum absolute atomic E-state index is 10.5. The molecule has 0 aromatic carbocycles. The first kappa shape index (κ1) is 1.72. The van der Waals surface area contributed by atoms with Gasteiger partial charge in [0.25, 0.3) is 0 Å². The fourth-order valence-corrected chi connectivity index (χ4v) is 0.162. The van der Waals surface area contributed by atoms with Crippen molar-refractivity contribution < 1.29 is 19.5 Å². The van der Waals surface area contributed by atoms with Gasteiger partial charge in [-0.05, 0) is 6.37 Å². The van der Waals surface area contributed by atoms with Crippen molar-refractivity contribution in [2.45, 2.75) is 32.4 Å².